The van der Waals surface area contributed by atoms with E-state index in [1.165, 1.54) is 5.56 Å². The van der Waals surface area contributed by atoms with Crippen molar-refractivity contribution in [1.29, 1.82) is 0 Å². The van der Waals surface area contributed by atoms with Crippen LogP contribution < -0.4 is 10.2 Å². The van der Waals surface area contributed by atoms with Gasteiger partial charge in [-0.1, -0.05) is 25.1 Å². The lowest BCUT2D eigenvalue weighted by atomic mass is 10.0. The lowest BCUT2D eigenvalue weighted by Gasteiger charge is -2.34. The Bertz CT molecular complexity index is 583. The average Bonchev–Trinajstić information content (AvgIpc) is 2.57. The van der Waals surface area contributed by atoms with Gasteiger partial charge >= 0.3 is 0 Å². The van der Waals surface area contributed by atoms with Gasteiger partial charge < -0.3 is 10.2 Å². The van der Waals surface area contributed by atoms with Crippen molar-refractivity contribution in [3.05, 3.63) is 29.8 Å². The van der Waals surface area contributed by atoms with Gasteiger partial charge in [-0.25, -0.2) is 0 Å². The maximum Gasteiger partial charge on any atom is 0.246 e. The number of carbonyl (C=O) groups is 2. The Morgan fingerprint density at radius 3 is 2.70 bits per heavy atom. The SMILES string of the molecule is CCN(C)C(C)(C)C(=O)NCC(=O)N1CCCc2ccccc21. The average molecular weight is 317 g/mol. The van der Waals surface area contributed by atoms with E-state index in [9.17, 15) is 9.59 Å². The van der Waals surface area contributed by atoms with Crippen molar-refractivity contribution in [3.63, 3.8) is 0 Å². The second-order valence-electron chi connectivity index (χ2n) is 6.53. The summed E-state index contributed by atoms with van der Waals surface area (Å²) < 4.78 is 0. The number of hydrogen-bond acceptors (Lipinski definition) is 3. The van der Waals surface area contributed by atoms with Crippen LogP contribution in [0.1, 0.15) is 32.8 Å². The van der Waals surface area contributed by atoms with E-state index >= 15 is 0 Å². The lowest BCUT2D eigenvalue weighted by Crippen LogP contribution is -2.55. The summed E-state index contributed by atoms with van der Waals surface area (Å²) in [5, 5.41) is 2.79. The summed E-state index contributed by atoms with van der Waals surface area (Å²) >= 11 is 0. The topological polar surface area (TPSA) is 52.7 Å². The largest absolute Gasteiger partial charge is 0.345 e. The van der Waals surface area contributed by atoms with Crippen molar-refractivity contribution < 1.29 is 9.59 Å². The molecule has 126 valence electrons. The summed E-state index contributed by atoms with van der Waals surface area (Å²) in [5.41, 5.74) is 1.54. The van der Waals surface area contributed by atoms with Crippen LogP contribution in [0.3, 0.4) is 0 Å². The van der Waals surface area contributed by atoms with Crippen molar-refractivity contribution in [3.8, 4) is 0 Å². The van der Waals surface area contributed by atoms with Crippen LogP contribution in [0, 0.1) is 0 Å². The third kappa shape index (κ3) is 3.72. The first kappa shape index (κ1) is 17.5. The third-order valence-electron chi connectivity index (χ3n) is 4.80. The quantitative estimate of drug-likeness (QED) is 0.901. The number of likely N-dealkylation sites (N-methyl/N-ethyl adjacent to an activating group) is 1. The fraction of sp³-hybridized carbons (Fsp3) is 0.556. The normalized spacial score (nSPS) is 14.6. The Morgan fingerprint density at radius 1 is 1.30 bits per heavy atom. The summed E-state index contributed by atoms with van der Waals surface area (Å²) in [6, 6.07) is 7.98. The Balaban J connectivity index is 2.00. The highest BCUT2D eigenvalue weighted by Gasteiger charge is 2.32. The van der Waals surface area contributed by atoms with Gasteiger partial charge in [-0.2, -0.15) is 0 Å². The van der Waals surface area contributed by atoms with E-state index < -0.39 is 5.54 Å². The highest BCUT2D eigenvalue weighted by atomic mass is 16.2. The smallest absolute Gasteiger partial charge is 0.246 e. The summed E-state index contributed by atoms with van der Waals surface area (Å²) in [5.74, 6) is -0.180. The van der Waals surface area contributed by atoms with Crippen molar-refractivity contribution in [2.24, 2.45) is 0 Å². The van der Waals surface area contributed by atoms with Crippen LogP contribution in [0.25, 0.3) is 0 Å². The molecule has 5 nitrogen and oxygen atoms in total. The predicted octanol–water partition coefficient (Wildman–Crippen LogP) is 1.81. The number of anilines is 1. The maximum absolute atomic E-state index is 12.5. The summed E-state index contributed by atoms with van der Waals surface area (Å²) in [4.78, 5) is 28.7. The highest BCUT2D eigenvalue weighted by Crippen LogP contribution is 2.26. The molecule has 0 aromatic heterocycles. The van der Waals surface area contributed by atoms with Crippen LogP contribution in [-0.2, 0) is 16.0 Å². The molecule has 0 radical (unpaired) electrons. The van der Waals surface area contributed by atoms with Gasteiger partial charge in [0.2, 0.25) is 11.8 Å². The molecule has 1 aromatic rings. The van der Waals surface area contributed by atoms with Gasteiger partial charge in [-0.05, 0) is 51.9 Å². The zero-order valence-electron chi connectivity index (χ0n) is 14.6. The minimum absolute atomic E-state index is 0.0359. The fourth-order valence-corrected chi connectivity index (χ4v) is 2.83. The number of benzene rings is 1. The monoisotopic (exact) mass is 317 g/mol. The Kier molecular flexibility index (Phi) is 5.42. The van der Waals surface area contributed by atoms with Crippen LogP contribution in [-0.4, -0.2) is 48.9 Å². The van der Waals surface area contributed by atoms with Crippen LogP contribution in [0.15, 0.2) is 24.3 Å². The van der Waals surface area contributed by atoms with Gasteiger partial charge in [0.05, 0.1) is 12.1 Å². The number of para-hydroxylation sites is 1. The van der Waals surface area contributed by atoms with Gasteiger partial charge in [-0.15, -0.1) is 0 Å². The molecule has 23 heavy (non-hydrogen) atoms. The molecule has 0 aliphatic carbocycles. The van der Waals surface area contributed by atoms with Crippen molar-refractivity contribution in [2.45, 2.75) is 39.2 Å². The molecule has 0 unspecified atom stereocenters. The van der Waals surface area contributed by atoms with Gasteiger partial charge in [0.15, 0.2) is 0 Å². The molecule has 0 bridgehead atoms. The molecular weight excluding hydrogens is 290 g/mol. The number of rotatable bonds is 5. The summed E-state index contributed by atoms with van der Waals surface area (Å²) in [7, 11) is 1.91. The standard InChI is InChI=1S/C18H27N3O2/c1-5-20(4)18(2,3)17(23)19-13-16(22)21-12-8-10-14-9-6-7-11-15(14)21/h6-7,9,11H,5,8,10,12-13H2,1-4H3,(H,19,23). The molecule has 0 spiro atoms. The van der Waals surface area contributed by atoms with Gasteiger partial charge in [0, 0.05) is 12.2 Å². The van der Waals surface area contributed by atoms with Crippen molar-refractivity contribution >= 4 is 17.5 Å². The number of hydrogen-bond donors (Lipinski definition) is 1. The highest BCUT2D eigenvalue weighted by molar-refractivity contribution is 5.98. The van der Waals surface area contributed by atoms with E-state index in [4.69, 9.17) is 0 Å². The first-order chi connectivity index (χ1) is 10.9. The van der Waals surface area contributed by atoms with E-state index in [0.717, 1.165) is 25.1 Å². The van der Waals surface area contributed by atoms with E-state index in [2.05, 4.69) is 11.4 Å². The molecule has 0 fully saturated rings. The molecule has 2 amide bonds. The number of nitrogens with zero attached hydrogens (tertiary/aromatic N) is 2. The number of nitrogens with one attached hydrogen (secondary N) is 1. The summed E-state index contributed by atoms with van der Waals surface area (Å²) in [6.45, 7) is 7.26. The minimum Gasteiger partial charge on any atom is -0.345 e. The van der Waals surface area contributed by atoms with E-state index in [0.29, 0.717) is 6.54 Å². The van der Waals surface area contributed by atoms with E-state index in [1.54, 1.807) is 4.90 Å². The molecule has 1 heterocycles. The minimum atomic E-state index is -0.630. The number of fused-ring (bicyclic) bond motifs is 1. The Morgan fingerprint density at radius 2 is 2.00 bits per heavy atom. The van der Waals surface area contributed by atoms with Crippen LogP contribution >= 0.6 is 0 Å². The first-order valence-electron chi connectivity index (χ1n) is 8.25. The molecule has 1 N–H and O–H groups in total. The van der Waals surface area contributed by atoms with Crippen molar-refractivity contribution in [1.82, 2.24) is 10.2 Å². The molecule has 5 heteroatoms. The first-order valence-corrected chi connectivity index (χ1v) is 8.25. The zero-order valence-corrected chi connectivity index (χ0v) is 14.6. The third-order valence-corrected chi connectivity index (χ3v) is 4.80. The number of amides is 2. The molecule has 1 aromatic carbocycles. The molecule has 1 aliphatic rings. The molecular formula is C18H27N3O2. The predicted molar refractivity (Wildman–Crippen MR) is 92.5 cm³/mol. The molecule has 2 rings (SSSR count). The number of carbonyl (C=O) groups excluding carboxylic acids is 2. The zero-order chi connectivity index (χ0) is 17.0. The fourth-order valence-electron chi connectivity index (χ4n) is 2.83. The lowest BCUT2D eigenvalue weighted by molar-refractivity contribution is -0.132. The van der Waals surface area contributed by atoms with Gasteiger partial charge in [-0.3, -0.25) is 14.5 Å². The molecule has 0 atom stereocenters. The van der Waals surface area contributed by atoms with E-state index in [-0.39, 0.29) is 18.4 Å². The Hall–Kier alpha value is -1.88. The maximum atomic E-state index is 12.5. The van der Waals surface area contributed by atoms with Gasteiger partial charge in [0.25, 0.3) is 0 Å². The van der Waals surface area contributed by atoms with Crippen molar-refractivity contribution in [2.75, 3.05) is 31.6 Å². The van der Waals surface area contributed by atoms with Crippen LogP contribution in [0.4, 0.5) is 5.69 Å². The second kappa shape index (κ2) is 7.13. The van der Waals surface area contributed by atoms with Crippen LogP contribution in [0.5, 0.6) is 0 Å². The van der Waals surface area contributed by atoms with Gasteiger partial charge in [0.1, 0.15) is 0 Å². The van der Waals surface area contributed by atoms with E-state index in [1.807, 2.05) is 50.9 Å². The molecule has 1 aliphatic heterocycles. The summed E-state index contributed by atoms with van der Waals surface area (Å²) in [6.07, 6.45) is 1.96. The molecule has 0 saturated heterocycles. The van der Waals surface area contributed by atoms with Crippen LogP contribution in [0.2, 0.25) is 0 Å². The second-order valence-corrected chi connectivity index (χ2v) is 6.53. The molecule has 0 saturated carbocycles. The number of aryl methyl sites for hydroxylation is 1. The Labute approximate surface area is 138 Å².